The Morgan fingerprint density at radius 3 is 2.79 bits per heavy atom. The smallest absolute Gasteiger partial charge is 0.222 e. The van der Waals surface area contributed by atoms with E-state index in [1.165, 1.54) is 18.4 Å². The summed E-state index contributed by atoms with van der Waals surface area (Å²) in [5.41, 5.74) is 1.31. The third-order valence-corrected chi connectivity index (χ3v) is 4.19. The van der Waals surface area contributed by atoms with Gasteiger partial charge in [0.05, 0.1) is 0 Å². The van der Waals surface area contributed by atoms with Crippen LogP contribution in [-0.2, 0) is 11.3 Å². The number of likely N-dealkylation sites (tertiary alicyclic amines) is 2. The summed E-state index contributed by atoms with van der Waals surface area (Å²) in [4.78, 5) is 20.5. The maximum atomic E-state index is 11.8. The van der Waals surface area contributed by atoms with Crippen LogP contribution in [0.4, 0.5) is 0 Å². The molecule has 1 atom stereocenters. The topological polar surface area (TPSA) is 36.4 Å². The van der Waals surface area contributed by atoms with Crippen LogP contribution in [0.15, 0.2) is 24.5 Å². The fraction of sp³-hybridized carbons (Fsp3) is 0.600. The van der Waals surface area contributed by atoms with Gasteiger partial charge in [0.15, 0.2) is 0 Å². The van der Waals surface area contributed by atoms with Gasteiger partial charge in [0.1, 0.15) is 0 Å². The van der Waals surface area contributed by atoms with Gasteiger partial charge in [-0.05, 0) is 43.5 Å². The maximum absolute atomic E-state index is 11.8. The van der Waals surface area contributed by atoms with E-state index < -0.39 is 0 Å². The number of carbonyl (C=O) groups excluding carboxylic acids is 1. The number of piperidine rings is 1. The maximum Gasteiger partial charge on any atom is 0.222 e. The first-order valence-electron chi connectivity index (χ1n) is 7.23. The van der Waals surface area contributed by atoms with Crippen molar-refractivity contribution >= 4 is 5.91 Å². The molecule has 3 rings (SSSR count). The van der Waals surface area contributed by atoms with E-state index in [1.807, 2.05) is 12.4 Å². The molecule has 0 radical (unpaired) electrons. The van der Waals surface area contributed by atoms with Crippen LogP contribution in [0.5, 0.6) is 0 Å². The van der Waals surface area contributed by atoms with Crippen molar-refractivity contribution < 1.29 is 4.79 Å². The lowest BCUT2D eigenvalue weighted by Gasteiger charge is -2.37. The molecule has 0 N–H and O–H groups in total. The van der Waals surface area contributed by atoms with Crippen LogP contribution >= 0.6 is 0 Å². The van der Waals surface area contributed by atoms with Crippen LogP contribution in [0.3, 0.4) is 0 Å². The van der Waals surface area contributed by atoms with Crippen LogP contribution in [0.25, 0.3) is 0 Å². The third-order valence-electron chi connectivity index (χ3n) is 4.19. The van der Waals surface area contributed by atoms with Gasteiger partial charge in [-0.1, -0.05) is 0 Å². The zero-order valence-corrected chi connectivity index (χ0v) is 11.3. The lowest BCUT2D eigenvalue weighted by atomic mass is 10.0. The Bertz CT molecular complexity index is 434. The van der Waals surface area contributed by atoms with E-state index in [4.69, 9.17) is 0 Å². The quantitative estimate of drug-likeness (QED) is 0.828. The van der Waals surface area contributed by atoms with Crippen molar-refractivity contribution in [3.8, 4) is 0 Å². The summed E-state index contributed by atoms with van der Waals surface area (Å²) < 4.78 is 0. The van der Waals surface area contributed by atoms with Crippen LogP contribution < -0.4 is 0 Å². The van der Waals surface area contributed by atoms with Crippen molar-refractivity contribution in [2.24, 2.45) is 0 Å². The Hall–Kier alpha value is -1.42. The second kappa shape index (κ2) is 5.70. The molecule has 2 fully saturated rings. The molecule has 3 heterocycles. The summed E-state index contributed by atoms with van der Waals surface area (Å²) in [5, 5.41) is 0. The second-order valence-corrected chi connectivity index (χ2v) is 5.58. The van der Waals surface area contributed by atoms with Crippen LogP contribution in [-0.4, -0.2) is 46.4 Å². The number of rotatable bonds is 3. The number of pyridine rings is 1. The molecule has 0 saturated carbocycles. The van der Waals surface area contributed by atoms with Gasteiger partial charge in [-0.3, -0.25) is 14.7 Å². The summed E-state index contributed by atoms with van der Waals surface area (Å²) in [7, 11) is 0. The van der Waals surface area contributed by atoms with E-state index in [1.54, 1.807) is 0 Å². The van der Waals surface area contributed by atoms with Gasteiger partial charge in [-0.25, -0.2) is 0 Å². The number of aromatic nitrogens is 1. The van der Waals surface area contributed by atoms with Gasteiger partial charge >= 0.3 is 0 Å². The number of carbonyl (C=O) groups is 1. The second-order valence-electron chi connectivity index (χ2n) is 5.58. The van der Waals surface area contributed by atoms with Gasteiger partial charge in [0.2, 0.25) is 5.91 Å². The van der Waals surface area contributed by atoms with E-state index in [0.717, 1.165) is 39.0 Å². The van der Waals surface area contributed by atoms with Crippen LogP contribution in [0, 0.1) is 0 Å². The highest BCUT2D eigenvalue weighted by Crippen LogP contribution is 2.22. The third kappa shape index (κ3) is 2.95. The normalized spacial score (nSPS) is 24.9. The Labute approximate surface area is 114 Å². The number of hydrogen-bond donors (Lipinski definition) is 0. The summed E-state index contributed by atoms with van der Waals surface area (Å²) in [5.74, 6) is 0.357. The summed E-state index contributed by atoms with van der Waals surface area (Å²) in [6.07, 6.45) is 7.85. The van der Waals surface area contributed by atoms with Gasteiger partial charge in [0, 0.05) is 44.5 Å². The fourth-order valence-corrected chi connectivity index (χ4v) is 3.23. The summed E-state index contributed by atoms with van der Waals surface area (Å²) in [6, 6.07) is 4.58. The minimum Gasteiger partial charge on any atom is -0.338 e. The molecule has 0 unspecified atom stereocenters. The van der Waals surface area contributed by atoms with Crippen molar-refractivity contribution in [2.45, 2.75) is 38.3 Å². The summed E-state index contributed by atoms with van der Waals surface area (Å²) in [6.45, 7) is 4.10. The minimum atomic E-state index is 0.357. The monoisotopic (exact) mass is 259 g/mol. The molecule has 4 heteroatoms. The predicted molar refractivity (Wildman–Crippen MR) is 73.5 cm³/mol. The highest BCUT2D eigenvalue weighted by atomic mass is 16.2. The highest BCUT2D eigenvalue weighted by Gasteiger charge is 2.31. The first-order chi connectivity index (χ1) is 9.33. The van der Waals surface area contributed by atoms with Crippen molar-refractivity contribution in [3.05, 3.63) is 30.1 Å². The first kappa shape index (κ1) is 12.6. The SMILES string of the molecule is O=C1CCCN1[C@H]1CCCN(Cc2ccncc2)C1. The molecule has 0 spiro atoms. The van der Waals surface area contributed by atoms with Gasteiger partial charge < -0.3 is 4.90 Å². The Morgan fingerprint density at radius 1 is 1.21 bits per heavy atom. The molecule has 1 amide bonds. The van der Waals surface area contributed by atoms with E-state index in [9.17, 15) is 4.79 Å². The molecule has 2 aliphatic rings. The Morgan fingerprint density at radius 2 is 2.05 bits per heavy atom. The van der Waals surface area contributed by atoms with E-state index in [2.05, 4.69) is 26.9 Å². The molecule has 19 heavy (non-hydrogen) atoms. The average Bonchev–Trinajstić information content (AvgIpc) is 2.86. The lowest BCUT2D eigenvalue weighted by Crippen LogP contribution is -2.48. The minimum absolute atomic E-state index is 0.357. The number of nitrogens with zero attached hydrogens (tertiary/aromatic N) is 3. The molecule has 0 bridgehead atoms. The van der Waals surface area contributed by atoms with Crippen molar-refractivity contribution in [1.29, 1.82) is 0 Å². The molecule has 1 aromatic rings. The average molecular weight is 259 g/mol. The van der Waals surface area contributed by atoms with Gasteiger partial charge in [-0.2, -0.15) is 0 Å². The summed E-state index contributed by atoms with van der Waals surface area (Å²) >= 11 is 0. The van der Waals surface area contributed by atoms with Gasteiger partial charge in [0.25, 0.3) is 0 Å². The van der Waals surface area contributed by atoms with Crippen molar-refractivity contribution in [2.75, 3.05) is 19.6 Å². The van der Waals surface area contributed by atoms with Crippen LogP contribution in [0.2, 0.25) is 0 Å². The predicted octanol–water partition coefficient (Wildman–Crippen LogP) is 1.67. The molecule has 2 aliphatic heterocycles. The molecule has 4 nitrogen and oxygen atoms in total. The van der Waals surface area contributed by atoms with Crippen LogP contribution in [0.1, 0.15) is 31.2 Å². The fourth-order valence-electron chi connectivity index (χ4n) is 3.23. The van der Waals surface area contributed by atoms with Crippen molar-refractivity contribution in [3.63, 3.8) is 0 Å². The van der Waals surface area contributed by atoms with Crippen molar-refractivity contribution in [1.82, 2.24) is 14.8 Å². The first-order valence-corrected chi connectivity index (χ1v) is 7.23. The number of hydrogen-bond acceptors (Lipinski definition) is 3. The highest BCUT2D eigenvalue weighted by molar-refractivity contribution is 5.78. The molecule has 0 aromatic carbocycles. The molecule has 2 saturated heterocycles. The largest absolute Gasteiger partial charge is 0.338 e. The molecular formula is C15H21N3O. The lowest BCUT2D eigenvalue weighted by molar-refractivity contribution is -0.130. The zero-order chi connectivity index (χ0) is 13.1. The van der Waals surface area contributed by atoms with E-state index in [0.29, 0.717) is 11.9 Å². The molecule has 0 aliphatic carbocycles. The van der Waals surface area contributed by atoms with Gasteiger partial charge in [-0.15, -0.1) is 0 Å². The molecule has 102 valence electrons. The zero-order valence-electron chi connectivity index (χ0n) is 11.3. The van der Waals surface area contributed by atoms with E-state index in [-0.39, 0.29) is 0 Å². The standard InChI is InChI=1S/C15H21N3O/c19-15-4-2-10-18(15)14-3-1-9-17(12-14)11-13-5-7-16-8-6-13/h5-8,14H,1-4,9-12H2/t14-/m0/s1. The molecular weight excluding hydrogens is 238 g/mol. The van der Waals surface area contributed by atoms with E-state index >= 15 is 0 Å². The number of amides is 1. The molecule has 1 aromatic heterocycles. The Kier molecular flexibility index (Phi) is 3.78. The Balaban J connectivity index is 1.60.